The standard InChI is InChI=1S/C18H26N6O/c1-11(2)17-20-18(22-21-17)15-9-24(8-14(15)13-4-5-13)16(25)10-23-7-6-19-12(23)3/h6-7,11,13-15H,4-5,8-10H2,1-3H3,(H,20,21,22)/t14-,15+/m1/s1. The van der Waals surface area contributed by atoms with Gasteiger partial charge in [-0.15, -0.1) is 0 Å². The summed E-state index contributed by atoms with van der Waals surface area (Å²) >= 11 is 0. The molecule has 3 heterocycles. The van der Waals surface area contributed by atoms with Gasteiger partial charge in [-0.1, -0.05) is 13.8 Å². The molecule has 0 bridgehead atoms. The number of nitrogens with one attached hydrogen (secondary N) is 1. The van der Waals surface area contributed by atoms with Crippen LogP contribution in [-0.2, 0) is 11.3 Å². The molecule has 2 fully saturated rings. The van der Waals surface area contributed by atoms with Gasteiger partial charge >= 0.3 is 0 Å². The smallest absolute Gasteiger partial charge is 0.242 e. The Balaban J connectivity index is 1.50. The number of nitrogens with zero attached hydrogens (tertiary/aromatic N) is 5. The molecule has 7 heteroatoms. The highest BCUT2D eigenvalue weighted by Crippen LogP contribution is 2.47. The summed E-state index contributed by atoms with van der Waals surface area (Å²) in [5.41, 5.74) is 0. The number of carbonyl (C=O) groups is 1. The predicted octanol–water partition coefficient (Wildman–Crippen LogP) is 2.09. The quantitative estimate of drug-likeness (QED) is 0.902. The van der Waals surface area contributed by atoms with Crippen LogP contribution in [0.1, 0.15) is 56.0 Å². The average Bonchev–Trinajstić information content (AvgIpc) is 3.00. The fourth-order valence-corrected chi connectivity index (χ4v) is 3.85. The van der Waals surface area contributed by atoms with Gasteiger partial charge in [0, 0.05) is 37.3 Å². The molecule has 1 aliphatic heterocycles. The Morgan fingerprint density at radius 1 is 1.36 bits per heavy atom. The van der Waals surface area contributed by atoms with Crippen LogP contribution in [0.15, 0.2) is 12.4 Å². The molecule has 1 amide bonds. The summed E-state index contributed by atoms with van der Waals surface area (Å²) in [5, 5.41) is 7.51. The van der Waals surface area contributed by atoms with Crippen LogP contribution in [0.3, 0.4) is 0 Å². The van der Waals surface area contributed by atoms with Crippen molar-refractivity contribution in [3.63, 3.8) is 0 Å². The second-order valence-corrected chi connectivity index (χ2v) is 7.74. The number of H-pyrrole nitrogens is 1. The maximum atomic E-state index is 12.8. The first kappa shape index (κ1) is 16.3. The molecule has 2 aromatic rings. The van der Waals surface area contributed by atoms with E-state index in [4.69, 9.17) is 4.98 Å². The van der Waals surface area contributed by atoms with Crippen molar-refractivity contribution in [3.05, 3.63) is 29.9 Å². The van der Waals surface area contributed by atoms with E-state index in [0.29, 0.717) is 18.4 Å². The number of hydrogen-bond acceptors (Lipinski definition) is 4. The van der Waals surface area contributed by atoms with E-state index in [2.05, 4.69) is 29.0 Å². The molecule has 1 saturated heterocycles. The van der Waals surface area contributed by atoms with Gasteiger partial charge < -0.3 is 9.47 Å². The van der Waals surface area contributed by atoms with E-state index in [0.717, 1.165) is 36.5 Å². The Bertz CT molecular complexity index is 759. The van der Waals surface area contributed by atoms with Gasteiger partial charge in [0.25, 0.3) is 0 Å². The van der Waals surface area contributed by atoms with Crippen LogP contribution < -0.4 is 0 Å². The Morgan fingerprint density at radius 2 is 2.16 bits per heavy atom. The first-order valence-electron chi connectivity index (χ1n) is 9.20. The third kappa shape index (κ3) is 3.19. The molecule has 25 heavy (non-hydrogen) atoms. The van der Waals surface area contributed by atoms with Crippen molar-refractivity contribution in [1.29, 1.82) is 0 Å². The lowest BCUT2D eigenvalue weighted by Crippen LogP contribution is -2.32. The van der Waals surface area contributed by atoms with Crippen molar-refractivity contribution < 1.29 is 4.79 Å². The molecule has 2 aromatic heterocycles. The topological polar surface area (TPSA) is 79.7 Å². The van der Waals surface area contributed by atoms with Gasteiger partial charge in [-0.3, -0.25) is 9.89 Å². The largest absolute Gasteiger partial charge is 0.340 e. The Hall–Kier alpha value is -2.18. The molecule has 0 radical (unpaired) electrons. The van der Waals surface area contributed by atoms with E-state index in [1.165, 1.54) is 12.8 Å². The van der Waals surface area contributed by atoms with Gasteiger partial charge in [-0.05, 0) is 31.6 Å². The van der Waals surface area contributed by atoms with Gasteiger partial charge in [0.05, 0.1) is 0 Å². The number of aromatic nitrogens is 5. The van der Waals surface area contributed by atoms with E-state index >= 15 is 0 Å². The summed E-state index contributed by atoms with van der Waals surface area (Å²) in [5.74, 6) is 4.68. The number of hydrogen-bond donors (Lipinski definition) is 1. The molecular formula is C18H26N6O. The lowest BCUT2D eigenvalue weighted by molar-refractivity contribution is -0.131. The van der Waals surface area contributed by atoms with Gasteiger partial charge in [-0.25, -0.2) is 9.97 Å². The Kier molecular flexibility index (Phi) is 4.09. The second-order valence-electron chi connectivity index (χ2n) is 7.74. The third-order valence-corrected chi connectivity index (χ3v) is 5.56. The number of imidazole rings is 1. The molecule has 1 aliphatic carbocycles. The number of likely N-dealkylation sites (tertiary alicyclic amines) is 1. The van der Waals surface area contributed by atoms with Gasteiger partial charge in [0.2, 0.25) is 5.91 Å². The lowest BCUT2D eigenvalue weighted by atomic mass is 9.91. The van der Waals surface area contributed by atoms with Crippen LogP contribution in [0.2, 0.25) is 0 Å². The summed E-state index contributed by atoms with van der Waals surface area (Å²) in [6, 6.07) is 0. The molecule has 0 unspecified atom stereocenters. The van der Waals surface area contributed by atoms with Crippen molar-refractivity contribution in [2.45, 2.75) is 52.0 Å². The van der Waals surface area contributed by atoms with Gasteiger partial charge in [0.1, 0.15) is 18.2 Å². The SMILES string of the molecule is Cc1nccn1CC(=O)N1C[C@H](c2nc(C(C)C)n[nH]2)[C@@H](C2CC2)C1. The highest BCUT2D eigenvalue weighted by molar-refractivity contribution is 5.76. The number of rotatable bonds is 5. The van der Waals surface area contributed by atoms with Crippen molar-refractivity contribution in [2.24, 2.45) is 11.8 Å². The van der Waals surface area contributed by atoms with Crippen molar-refractivity contribution >= 4 is 5.91 Å². The predicted molar refractivity (Wildman–Crippen MR) is 93.0 cm³/mol. The fourth-order valence-electron chi connectivity index (χ4n) is 3.85. The molecule has 0 spiro atoms. The highest BCUT2D eigenvalue weighted by atomic mass is 16.2. The zero-order valence-corrected chi connectivity index (χ0v) is 15.1. The minimum atomic E-state index is 0.165. The summed E-state index contributed by atoms with van der Waals surface area (Å²) < 4.78 is 1.91. The lowest BCUT2D eigenvalue weighted by Gasteiger charge is -2.17. The summed E-state index contributed by atoms with van der Waals surface area (Å²) in [7, 11) is 0. The molecule has 1 saturated carbocycles. The van der Waals surface area contributed by atoms with Gasteiger partial charge in [-0.2, -0.15) is 5.10 Å². The minimum Gasteiger partial charge on any atom is -0.340 e. The molecule has 1 N–H and O–H groups in total. The van der Waals surface area contributed by atoms with Crippen molar-refractivity contribution in [3.8, 4) is 0 Å². The van der Waals surface area contributed by atoms with Crippen LogP contribution in [0.5, 0.6) is 0 Å². The zero-order valence-electron chi connectivity index (χ0n) is 15.1. The summed E-state index contributed by atoms with van der Waals surface area (Å²) in [6.07, 6.45) is 6.15. The maximum Gasteiger partial charge on any atom is 0.242 e. The average molecular weight is 342 g/mol. The van der Waals surface area contributed by atoms with Crippen molar-refractivity contribution in [2.75, 3.05) is 13.1 Å². The molecule has 134 valence electrons. The normalized spacial score (nSPS) is 23.6. The second kappa shape index (κ2) is 6.28. The van der Waals surface area contributed by atoms with E-state index < -0.39 is 0 Å². The highest BCUT2D eigenvalue weighted by Gasteiger charge is 2.45. The number of amides is 1. The maximum absolute atomic E-state index is 12.8. The van der Waals surface area contributed by atoms with Crippen LogP contribution in [0, 0.1) is 18.8 Å². The Labute approximate surface area is 147 Å². The van der Waals surface area contributed by atoms with E-state index in [1.807, 2.05) is 22.6 Å². The number of carbonyl (C=O) groups excluding carboxylic acids is 1. The minimum absolute atomic E-state index is 0.165. The van der Waals surface area contributed by atoms with Crippen LogP contribution in [0.4, 0.5) is 0 Å². The van der Waals surface area contributed by atoms with Crippen LogP contribution >= 0.6 is 0 Å². The molecular weight excluding hydrogens is 316 g/mol. The number of aryl methyl sites for hydroxylation is 1. The van der Waals surface area contributed by atoms with Crippen molar-refractivity contribution in [1.82, 2.24) is 29.6 Å². The molecule has 7 nitrogen and oxygen atoms in total. The first-order valence-corrected chi connectivity index (χ1v) is 9.20. The van der Waals surface area contributed by atoms with E-state index in [1.54, 1.807) is 6.20 Å². The monoisotopic (exact) mass is 342 g/mol. The first-order chi connectivity index (χ1) is 12.0. The van der Waals surface area contributed by atoms with Crippen LogP contribution in [-0.4, -0.2) is 48.6 Å². The third-order valence-electron chi connectivity index (χ3n) is 5.56. The zero-order chi connectivity index (χ0) is 17.6. The van der Waals surface area contributed by atoms with Gasteiger partial charge in [0.15, 0.2) is 5.82 Å². The van der Waals surface area contributed by atoms with E-state index in [9.17, 15) is 4.79 Å². The molecule has 4 rings (SSSR count). The fraction of sp³-hybridized carbons (Fsp3) is 0.667. The van der Waals surface area contributed by atoms with Crippen LogP contribution in [0.25, 0.3) is 0 Å². The summed E-state index contributed by atoms with van der Waals surface area (Å²) in [6.45, 7) is 8.06. The Morgan fingerprint density at radius 3 is 2.76 bits per heavy atom. The summed E-state index contributed by atoms with van der Waals surface area (Å²) in [4.78, 5) is 23.7. The molecule has 2 atom stereocenters. The molecule has 2 aliphatic rings. The molecule has 0 aromatic carbocycles. The van der Waals surface area contributed by atoms with E-state index in [-0.39, 0.29) is 11.8 Å². The number of aromatic amines is 1.